The van der Waals surface area contributed by atoms with Gasteiger partial charge in [0.05, 0.1) is 45.1 Å². The fourth-order valence-corrected chi connectivity index (χ4v) is 6.04. The van der Waals surface area contributed by atoms with Crippen LogP contribution in [0.3, 0.4) is 0 Å². The lowest BCUT2D eigenvalue weighted by molar-refractivity contribution is 0.219. The molecule has 1 saturated heterocycles. The number of benzene rings is 3. The van der Waals surface area contributed by atoms with Crippen LogP contribution in [0.2, 0.25) is 10.0 Å². The van der Waals surface area contributed by atoms with Gasteiger partial charge in [0.1, 0.15) is 17.6 Å². The van der Waals surface area contributed by atoms with E-state index >= 15 is 0 Å². The van der Waals surface area contributed by atoms with Gasteiger partial charge in [0.15, 0.2) is 0 Å². The summed E-state index contributed by atoms with van der Waals surface area (Å²) in [4.78, 5) is 4.45. The standard InChI is InChI=1S/C32H29Cl2FN8/c1-32(2)15-23(10-11-38-32)43-18-28(41-42-43)30(19-6-4-3-5-7-19)40-22-12-24-29(39-21-8-9-27(35)25(33)13-21)20(16-36)17-37-31(24)26(34)14-22/h3-9,12-14,17-18,23,30,38,40H,10-11,15H2,1-2H3,(H,37,39)/t23-,30?/m0/s1. The predicted octanol–water partition coefficient (Wildman–Crippen LogP) is 7.79. The number of pyridine rings is 1. The zero-order valence-corrected chi connectivity index (χ0v) is 25.1. The maximum absolute atomic E-state index is 13.8. The van der Waals surface area contributed by atoms with Crippen LogP contribution in [0.4, 0.5) is 21.5 Å². The number of hydrogen-bond donors (Lipinski definition) is 3. The van der Waals surface area contributed by atoms with Crippen molar-refractivity contribution in [2.75, 3.05) is 17.2 Å². The number of piperidine rings is 1. The van der Waals surface area contributed by atoms with E-state index < -0.39 is 5.82 Å². The summed E-state index contributed by atoms with van der Waals surface area (Å²) in [5.41, 5.74) is 4.30. The van der Waals surface area contributed by atoms with E-state index in [0.29, 0.717) is 38.6 Å². The fraction of sp³-hybridized carbons (Fsp3) is 0.250. The van der Waals surface area contributed by atoms with Crippen molar-refractivity contribution < 1.29 is 4.39 Å². The van der Waals surface area contributed by atoms with Gasteiger partial charge in [-0.15, -0.1) is 5.10 Å². The number of anilines is 3. The molecule has 3 N–H and O–H groups in total. The van der Waals surface area contributed by atoms with Gasteiger partial charge in [-0.05, 0) is 69.1 Å². The second-order valence-corrected chi connectivity index (χ2v) is 12.1. The highest BCUT2D eigenvalue weighted by Gasteiger charge is 2.30. The Bertz CT molecular complexity index is 1830. The smallest absolute Gasteiger partial charge is 0.141 e. The summed E-state index contributed by atoms with van der Waals surface area (Å²) in [7, 11) is 0. The van der Waals surface area contributed by atoms with Gasteiger partial charge in [0.25, 0.3) is 0 Å². The lowest BCUT2D eigenvalue weighted by atomic mass is 9.89. The van der Waals surface area contributed by atoms with Gasteiger partial charge in [-0.2, -0.15) is 5.26 Å². The lowest BCUT2D eigenvalue weighted by Crippen LogP contribution is -2.46. The second kappa shape index (κ2) is 11.8. The summed E-state index contributed by atoms with van der Waals surface area (Å²) in [6.45, 7) is 5.33. The quantitative estimate of drug-likeness (QED) is 0.172. The van der Waals surface area contributed by atoms with Crippen molar-refractivity contribution in [1.29, 1.82) is 5.26 Å². The molecule has 2 aromatic heterocycles. The highest BCUT2D eigenvalue weighted by Crippen LogP contribution is 2.37. The van der Waals surface area contributed by atoms with Crippen molar-refractivity contribution in [1.82, 2.24) is 25.3 Å². The Hall–Kier alpha value is -4.23. The van der Waals surface area contributed by atoms with Crippen LogP contribution < -0.4 is 16.0 Å². The van der Waals surface area contributed by atoms with Gasteiger partial charge in [-0.25, -0.2) is 9.07 Å². The van der Waals surface area contributed by atoms with Crippen LogP contribution in [0.5, 0.6) is 0 Å². The molecular formula is C32H29Cl2FN8. The first-order valence-corrected chi connectivity index (χ1v) is 14.7. The first-order valence-electron chi connectivity index (χ1n) is 13.9. The average molecular weight is 616 g/mol. The van der Waals surface area contributed by atoms with E-state index in [4.69, 9.17) is 23.2 Å². The number of nitrogens with zero attached hydrogens (tertiary/aromatic N) is 5. The van der Waals surface area contributed by atoms with Gasteiger partial charge in [0, 0.05) is 28.5 Å². The summed E-state index contributed by atoms with van der Waals surface area (Å²) in [5.74, 6) is -0.533. The summed E-state index contributed by atoms with van der Waals surface area (Å²) in [5, 5.41) is 30.4. The Labute approximate surface area is 258 Å². The lowest BCUT2D eigenvalue weighted by Gasteiger charge is -2.36. The van der Waals surface area contributed by atoms with Gasteiger partial charge in [0.2, 0.25) is 0 Å². The summed E-state index contributed by atoms with van der Waals surface area (Å²) in [6.07, 6.45) is 5.39. The van der Waals surface area contributed by atoms with Crippen molar-refractivity contribution in [2.45, 2.75) is 44.3 Å². The molecule has 0 aliphatic carbocycles. The Morgan fingerprint density at radius 3 is 2.63 bits per heavy atom. The third-order valence-electron chi connectivity index (χ3n) is 7.70. The minimum atomic E-state index is -0.533. The van der Waals surface area contributed by atoms with E-state index in [1.54, 1.807) is 12.1 Å². The van der Waals surface area contributed by atoms with E-state index in [9.17, 15) is 9.65 Å². The summed E-state index contributed by atoms with van der Waals surface area (Å²) >= 11 is 12.8. The maximum atomic E-state index is 13.8. The molecule has 6 rings (SSSR count). The van der Waals surface area contributed by atoms with Crippen LogP contribution in [0.15, 0.2) is 73.1 Å². The van der Waals surface area contributed by atoms with Crippen LogP contribution in [-0.4, -0.2) is 32.1 Å². The highest BCUT2D eigenvalue weighted by molar-refractivity contribution is 6.36. The molecule has 1 aliphatic rings. The molecule has 1 aliphatic heterocycles. The van der Waals surface area contributed by atoms with E-state index in [0.717, 1.165) is 30.6 Å². The molecule has 3 heterocycles. The van der Waals surface area contributed by atoms with Crippen LogP contribution in [0, 0.1) is 17.1 Å². The van der Waals surface area contributed by atoms with Gasteiger partial charge in [-0.1, -0.05) is 58.7 Å². The third-order valence-corrected chi connectivity index (χ3v) is 8.28. The number of aromatic nitrogens is 4. The number of rotatable bonds is 7. The molecular weight excluding hydrogens is 586 g/mol. The molecule has 43 heavy (non-hydrogen) atoms. The van der Waals surface area contributed by atoms with E-state index in [1.165, 1.54) is 18.3 Å². The molecule has 218 valence electrons. The molecule has 0 radical (unpaired) electrons. The topological polar surface area (TPSA) is 103 Å². The predicted molar refractivity (Wildman–Crippen MR) is 168 cm³/mol. The molecule has 3 aromatic carbocycles. The fourth-order valence-electron chi connectivity index (χ4n) is 5.59. The van der Waals surface area contributed by atoms with Gasteiger partial charge >= 0.3 is 0 Å². The van der Waals surface area contributed by atoms with Crippen LogP contribution in [0.25, 0.3) is 10.9 Å². The zero-order chi connectivity index (χ0) is 30.1. The molecule has 5 aromatic rings. The molecule has 0 spiro atoms. The molecule has 1 unspecified atom stereocenters. The zero-order valence-electron chi connectivity index (χ0n) is 23.6. The summed E-state index contributed by atoms with van der Waals surface area (Å²) in [6, 6.07) is 20.1. The molecule has 1 fully saturated rings. The van der Waals surface area contributed by atoms with Crippen molar-refractivity contribution in [2.24, 2.45) is 0 Å². The van der Waals surface area contributed by atoms with Gasteiger partial charge in [-0.3, -0.25) is 4.98 Å². The highest BCUT2D eigenvalue weighted by atomic mass is 35.5. The van der Waals surface area contributed by atoms with Crippen LogP contribution in [0.1, 0.15) is 55.6 Å². The van der Waals surface area contributed by atoms with Crippen molar-refractivity contribution >= 4 is 51.2 Å². The first-order chi connectivity index (χ1) is 20.7. The number of halogens is 3. The summed E-state index contributed by atoms with van der Waals surface area (Å²) < 4.78 is 15.8. The SMILES string of the molecule is CC1(C)C[C@@H](n2cc(C(Nc3cc(Cl)c4ncc(C#N)c(Nc5ccc(F)c(Cl)c5)c4c3)c3ccccc3)nn2)CCN1. The van der Waals surface area contributed by atoms with Crippen LogP contribution in [-0.2, 0) is 0 Å². The van der Waals surface area contributed by atoms with E-state index in [1.807, 2.05) is 47.3 Å². The normalized spacial score (nSPS) is 16.9. The van der Waals surface area contributed by atoms with Crippen molar-refractivity contribution in [3.8, 4) is 6.07 Å². The molecule has 0 bridgehead atoms. The Balaban J connectivity index is 1.39. The Morgan fingerprint density at radius 1 is 1.09 bits per heavy atom. The minimum Gasteiger partial charge on any atom is -0.373 e. The molecule has 8 nitrogen and oxygen atoms in total. The molecule has 0 saturated carbocycles. The largest absolute Gasteiger partial charge is 0.373 e. The minimum absolute atomic E-state index is 0.0231. The second-order valence-electron chi connectivity index (χ2n) is 11.3. The Kier molecular flexibility index (Phi) is 7.93. The number of nitriles is 1. The van der Waals surface area contributed by atoms with Crippen molar-refractivity contribution in [3.63, 3.8) is 0 Å². The van der Waals surface area contributed by atoms with Gasteiger partial charge < -0.3 is 16.0 Å². The van der Waals surface area contributed by atoms with Crippen molar-refractivity contribution in [3.05, 3.63) is 106 Å². The third kappa shape index (κ3) is 6.13. The van der Waals surface area contributed by atoms with E-state index in [2.05, 4.69) is 51.2 Å². The maximum Gasteiger partial charge on any atom is 0.141 e. The average Bonchev–Trinajstić information content (AvgIpc) is 3.48. The monoisotopic (exact) mass is 614 g/mol. The van der Waals surface area contributed by atoms with E-state index in [-0.39, 0.29) is 22.6 Å². The molecule has 11 heteroatoms. The molecule has 2 atom stereocenters. The van der Waals surface area contributed by atoms with Crippen LogP contribution >= 0.6 is 23.2 Å². The number of fused-ring (bicyclic) bond motifs is 1. The first kappa shape index (κ1) is 28.9. The number of hydrogen-bond acceptors (Lipinski definition) is 7. The molecule has 0 amide bonds. The Morgan fingerprint density at radius 2 is 1.88 bits per heavy atom. The number of nitrogens with one attached hydrogen (secondary N) is 3.